The SMILES string of the molecule is COc1ccc(Cl)cc1C(O)c1cn(C)nc1C. The molecule has 0 aliphatic carbocycles. The Morgan fingerprint density at radius 3 is 2.67 bits per heavy atom. The van der Waals surface area contributed by atoms with Gasteiger partial charge in [-0.25, -0.2) is 0 Å². The highest BCUT2D eigenvalue weighted by Gasteiger charge is 2.19. The number of benzene rings is 1. The predicted molar refractivity (Wildman–Crippen MR) is 70.0 cm³/mol. The van der Waals surface area contributed by atoms with Gasteiger partial charge in [-0.1, -0.05) is 11.6 Å². The topological polar surface area (TPSA) is 47.3 Å². The van der Waals surface area contributed by atoms with Crippen LogP contribution in [0.15, 0.2) is 24.4 Å². The molecule has 1 aromatic heterocycles. The smallest absolute Gasteiger partial charge is 0.125 e. The minimum atomic E-state index is -0.799. The third-order valence-corrected chi connectivity index (χ3v) is 3.07. The fraction of sp³-hybridized carbons (Fsp3) is 0.308. The van der Waals surface area contributed by atoms with Crippen molar-refractivity contribution in [1.29, 1.82) is 0 Å². The molecule has 96 valence electrons. The summed E-state index contributed by atoms with van der Waals surface area (Å²) in [4.78, 5) is 0. The summed E-state index contributed by atoms with van der Waals surface area (Å²) in [7, 11) is 3.38. The van der Waals surface area contributed by atoms with E-state index in [1.165, 1.54) is 0 Å². The molecule has 0 spiro atoms. The van der Waals surface area contributed by atoms with Gasteiger partial charge in [-0.2, -0.15) is 5.10 Å². The van der Waals surface area contributed by atoms with E-state index in [1.54, 1.807) is 36.2 Å². The Labute approximate surface area is 111 Å². The van der Waals surface area contributed by atoms with Crippen LogP contribution < -0.4 is 4.74 Å². The number of nitrogens with zero attached hydrogens (tertiary/aromatic N) is 2. The maximum Gasteiger partial charge on any atom is 0.125 e. The van der Waals surface area contributed by atoms with Crippen molar-refractivity contribution in [3.05, 3.63) is 46.2 Å². The third-order valence-electron chi connectivity index (χ3n) is 2.83. The molecule has 18 heavy (non-hydrogen) atoms. The van der Waals surface area contributed by atoms with Gasteiger partial charge in [0, 0.05) is 29.4 Å². The Balaban J connectivity index is 2.48. The van der Waals surface area contributed by atoms with E-state index < -0.39 is 6.10 Å². The van der Waals surface area contributed by atoms with E-state index in [4.69, 9.17) is 16.3 Å². The number of halogens is 1. The summed E-state index contributed by atoms with van der Waals surface area (Å²) in [6.07, 6.45) is 0.993. The Morgan fingerprint density at radius 1 is 1.39 bits per heavy atom. The second kappa shape index (κ2) is 5.00. The number of aliphatic hydroxyl groups is 1. The van der Waals surface area contributed by atoms with Crippen LogP contribution in [0.3, 0.4) is 0 Å². The summed E-state index contributed by atoms with van der Waals surface area (Å²) in [6.45, 7) is 1.86. The van der Waals surface area contributed by atoms with Gasteiger partial charge in [0.1, 0.15) is 11.9 Å². The van der Waals surface area contributed by atoms with Crippen molar-refractivity contribution >= 4 is 11.6 Å². The highest BCUT2D eigenvalue weighted by Crippen LogP contribution is 2.33. The molecule has 1 N–H and O–H groups in total. The van der Waals surface area contributed by atoms with E-state index in [-0.39, 0.29) is 0 Å². The molecule has 1 unspecified atom stereocenters. The van der Waals surface area contributed by atoms with Gasteiger partial charge in [-0.15, -0.1) is 0 Å². The minimum absolute atomic E-state index is 0.561. The molecule has 0 fully saturated rings. The van der Waals surface area contributed by atoms with Gasteiger partial charge in [-0.05, 0) is 25.1 Å². The molecule has 5 heteroatoms. The number of hydrogen-bond acceptors (Lipinski definition) is 3. The number of rotatable bonds is 3. The zero-order chi connectivity index (χ0) is 13.3. The van der Waals surface area contributed by atoms with Crippen molar-refractivity contribution in [2.45, 2.75) is 13.0 Å². The monoisotopic (exact) mass is 266 g/mol. The molecular formula is C13H15ClN2O2. The molecule has 0 saturated carbocycles. The fourth-order valence-corrected chi connectivity index (χ4v) is 2.15. The zero-order valence-electron chi connectivity index (χ0n) is 10.5. The average molecular weight is 267 g/mol. The Kier molecular flexibility index (Phi) is 3.59. The molecule has 0 radical (unpaired) electrons. The Hall–Kier alpha value is -1.52. The maximum absolute atomic E-state index is 10.4. The summed E-state index contributed by atoms with van der Waals surface area (Å²) >= 11 is 5.96. The molecule has 0 aliphatic heterocycles. The highest BCUT2D eigenvalue weighted by molar-refractivity contribution is 6.30. The lowest BCUT2D eigenvalue weighted by atomic mass is 10.0. The number of methoxy groups -OCH3 is 1. The normalized spacial score (nSPS) is 12.5. The van der Waals surface area contributed by atoms with E-state index in [1.807, 2.05) is 14.0 Å². The van der Waals surface area contributed by atoms with Crippen LogP contribution in [0.5, 0.6) is 5.75 Å². The van der Waals surface area contributed by atoms with Gasteiger partial charge in [0.25, 0.3) is 0 Å². The van der Waals surface area contributed by atoms with Crippen LogP contribution in [-0.4, -0.2) is 22.0 Å². The van der Waals surface area contributed by atoms with E-state index in [0.29, 0.717) is 16.3 Å². The van der Waals surface area contributed by atoms with Crippen molar-refractivity contribution < 1.29 is 9.84 Å². The predicted octanol–water partition coefficient (Wildman–Crippen LogP) is 2.47. The van der Waals surface area contributed by atoms with Crippen LogP contribution in [0.2, 0.25) is 5.02 Å². The minimum Gasteiger partial charge on any atom is -0.496 e. The zero-order valence-corrected chi connectivity index (χ0v) is 11.3. The number of ether oxygens (including phenoxy) is 1. The van der Waals surface area contributed by atoms with Gasteiger partial charge in [0.15, 0.2) is 0 Å². The number of aromatic nitrogens is 2. The molecule has 0 saturated heterocycles. The Bertz CT molecular complexity index is 566. The van der Waals surface area contributed by atoms with E-state index in [2.05, 4.69) is 5.10 Å². The first-order valence-corrected chi connectivity index (χ1v) is 5.92. The second-order valence-electron chi connectivity index (χ2n) is 4.13. The lowest BCUT2D eigenvalue weighted by Crippen LogP contribution is -2.03. The number of aliphatic hydroxyl groups excluding tert-OH is 1. The van der Waals surface area contributed by atoms with Crippen LogP contribution in [0.4, 0.5) is 0 Å². The van der Waals surface area contributed by atoms with Crippen molar-refractivity contribution in [3.8, 4) is 5.75 Å². The molecular weight excluding hydrogens is 252 g/mol. The third kappa shape index (κ3) is 2.35. The van der Waals surface area contributed by atoms with E-state index >= 15 is 0 Å². The van der Waals surface area contributed by atoms with E-state index in [9.17, 15) is 5.11 Å². The molecule has 1 heterocycles. The molecule has 1 atom stereocenters. The lowest BCUT2D eigenvalue weighted by molar-refractivity contribution is 0.214. The van der Waals surface area contributed by atoms with Crippen LogP contribution in [0, 0.1) is 6.92 Å². The van der Waals surface area contributed by atoms with Crippen LogP contribution in [0.25, 0.3) is 0 Å². The van der Waals surface area contributed by atoms with Crippen LogP contribution in [0.1, 0.15) is 22.9 Å². The van der Waals surface area contributed by atoms with Gasteiger partial charge in [0.05, 0.1) is 12.8 Å². The average Bonchev–Trinajstić information content (AvgIpc) is 2.67. The van der Waals surface area contributed by atoms with Gasteiger partial charge in [0.2, 0.25) is 0 Å². The van der Waals surface area contributed by atoms with Crippen molar-refractivity contribution in [1.82, 2.24) is 9.78 Å². The fourth-order valence-electron chi connectivity index (χ4n) is 1.97. The summed E-state index contributed by atoms with van der Waals surface area (Å²) in [5.74, 6) is 0.607. The second-order valence-corrected chi connectivity index (χ2v) is 4.57. The molecule has 2 rings (SSSR count). The standard InChI is InChI=1S/C13H15ClN2O2/c1-8-11(7-16(2)15-8)13(17)10-6-9(14)4-5-12(10)18-3/h4-7,13,17H,1-3H3. The first-order chi connectivity index (χ1) is 8.52. The first kappa shape index (κ1) is 12.9. The molecule has 0 amide bonds. The first-order valence-electron chi connectivity index (χ1n) is 5.54. The maximum atomic E-state index is 10.4. The number of hydrogen-bond donors (Lipinski definition) is 1. The quantitative estimate of drug-likeness (QED) is 0.928. The molecule has 2 aromatic rings. The van der Waals surface area contributed by atoms with Gasteiger partial charge < -0.3 is 9.84 Å². The summed E-state index contributed by atoms with van der Waals surface area (Å²) < 4.78 is 6.92. The molecule has 0 bridgehead atoms. The molecule has 4 nitrogen and oxygen atoms in total. The summed E-state index contributed by atoms with van der Waals surface area (Å²) in [5, 5.41) is 15.2. The van der Waals surface area contributed by atoms with E-state index in [0.717, 1.165) is 11.3 Å². The van der Waals surface area contributed by atoms with Gasteiger partial charge in [-0.3, -0.25) is 4.68 Å². The largest absolute Gasteiger partial charge is 0.496 e. The Morgan fingerprint density at radius 2 is 2.11 bits per heavy atom. The van der Waals surface area contributed by atoms with Gasteiger partial charge >= 0.3 is 0 Å². The van der Waals surface area contributed by atoms with Crippen molar-refractivity contribution in [2.24, 2.45) is 7.05 Å². The molecule has 1 aromatic carbocycles. The summed E-state index contributed by atoms with van der Waals surface area (Å²) in [5.41, 5.74) is 2.17. The van der Waals surface area contributed by atoms with Crippen LogP contribution in [-0.2, 0) is 7.05 Å². The van der Waals surface area contributed by atoms with Crippen molar-refractivity contribution in [2.75, 3.05) is 7.11 Å². The van der Waals surface area contributed by atoms with Crippen LogP contribution >= 0.6 is 11.6 Å². The summed E-state index contributed by atoms with van der Waals surface area (Å²) in [6, 6.07) is 5.18. The lowest BCUT2D eigenvalue weighted by Gasteiger charge is -2.14. The number of aryl methyl sites for hydroxylation is 2. The van der Waals surface area contributed by atoms with Crippen molar-refractivity contribution in [3.63, 3.8) is 0 Å². The highest BCUT2D eigenvalue weighted by atomic mass is 35.5. The molecule has 0 aliphatic rings.